The first-order valence-electron chi connectivity index (χ1n) is 11.7. The number of carboxylic acid groups (broad SMARTS) is 1. The molecule has 4 unspecified atom stereocenters. The van der Waals surface area contributed by atoms with Crippen molar-refractivity contribution < 1.29 is 24.3 Å². The highest BCUT2D eigenvalue weighted by molar-refractivity contribution is 5.94. The van der Waals surface area contributed by atoms with Gasteiger partial charge in [0.25, 0.3) is 0 Å². The van der Waals surface area contributed by atoms with E-state index >= 15 is 0 Å². The highest BCUT2D eigenvalue weighted by Crippen LogP contribution is 2.19. The standard InChI is InChI=1S/C26H32N4O5/c1-17(27)25(33)30-14-8-13-22(30)24(32)28-20(15-18-9-4-2-5-10-18)23(31)29-21(26(34)35)16-19-11-6-3-7-12-19/h2-7,9-12,17,20-22H,8,13-16,27H2,1H3,(H,28,32)(H,29,31)(H,34,35). The molecule has 0 radical (unpaired) electrons. The molecule has 0 spiro atoms. The zero-order chi connectivity index (χ0) is 25.4. The van der Waals surface area contributed by atoms with Crippen LogP contribution in [0.25, 0.3) is 0 Å². The van der Waals surface area contributed by atoms with Crippen molar-refractivity contribution in [2.24, 2.45) is 5.73 Å². The van der Waals surface area contributed by atoms with Gasteiger partial charge in [0.1, 0.15) is 18.1 Å². The summed E-state index contributed by atoms with van der Waals surface area (Å²) in [6.07, 6.45) is 1.40. The summed E-state index contributed by atoms with van der Waals surface area (Å²) in [4.78, 5) is 52.2. The number of nitrogens with zero attached hydrogens (tertiary/aromatic N) is 1. The van der Waals surface area contributed by atoms with Crippen molar-refractivity contribution >= 4 is 23.7 Å². The third-order valence-electron chi connectivity index (χ3n) is 6.04. The van der Waals surface area contributed by atoms with Crippen LogP contribution in [-0.2, 0) is 32.0 Å². The van der Waals surface area contributed by atoms with Crippen LogP contribution in [0.1, 0.15) is 30.9 Å². The van der Waals surface area contributed by atoms with Crippen molar-refractivity contribution in [3.8, 4) is 0 Å². The molecule has 1 heterocycles. The quantitative estimate of drug-likeness (QED) is 0.397. The van der Waals surface area contributed by atoms with Crippen LogP contribution in [0.15, 0.2) is 60.7 Å². The second-order valence-corrected chi connectivity index (χ2v) is 8.82. The molecule has 9 nitrogen and oxygen atoms in total. The lowest BCUT2D eigenvalue weighted by Crippen LogP contribution is -2.57. The van der Waals surface area contributed by atoms with E-state index in [4.69, 9.17) is 5.73 Å². The first-order valence-corrected chi connectivity index (χ1v) is 11.7. The summed E-state index contributed by atoms with van der Waals surface area (Å²) in [6, 6.07) is 14.5. The molecule has 0 aliphatic carbocycles. The maximum Gasteiger partial charge on any atom is 0.326 e. The van der Waals surface area contributed by atoms with Crippen molar-refractivity contribution in [3.63, 3.8) is 0 Å². The van der Waals surface area contributed by atoms with Gasteiger partial charge in [-0.2, -0.15) is 0 Å². The molecule has 35 heavy (non-hydrogen) atoms. The van der Waals surface area contributed by atoms with E-state index in [0.29, 0.717) is 19.4 Å². The molecule has 1 aliphatic rings. The average molecular weight is 481 g/mol. The molecule has 3 amide bonds. The second-order valence-electron chi connectivity index (χ2n) is 8.82. The Hall–Kier alpha value is -3.72. The normalized spacial score (nSPS) is 17.8. The number of carbonyl (C=O) groups excluding carboxylic acids is 3. The van der Waals surface area contributed by atoms with E-state index in [1.807, 2.05) is 36.4 Å². The lowest BCUT2D eigenvalue weighted by Gasteiger charge is -2.28. The van der Waals surface area contributed by atoms with Gasteiger partial charge in [0, 0.05) is 19.4 Å². The maximum absolute atomic E-state index is 13.2. The van der Waals surface area contributed by atoms with Crippen LogP contribution in [-0.4, -0.2) is 64.4 Å². The van der Waals surface area contributed by atoms with Crippen molar-refractivity contribution in [1.82, 2.24) is 15.5 Å². The van der Waals surface area contributed by atoms with Crippen molar-refractivity contribution in [2.45, 2.75) is 56.8 Å². The number of nitrogens with one attached hydrogen (secondary N) is 2. The molecule has 9 heteroatoms. The van der Waals surface area contributed by atoms with Gasteiger partial charge < -0.3 is 26.4 Å². The predicted octanol–water partition coefficient (Wildman–Crippen LogP) is 0.864. The predicted molar refractivity (Wildman–Crippen MR) is 130 cm³/mol. The van der Waals surface area contributed by atoms with Crippen LogP contribution in [0, 0.1) is 0 Å². The van der Waals surface area contributed by atoms with Crippen LogP contribution in [0.3, 0.4) is 0 Å². The molecule has 5 N–H and O–H groups in total. The summed E-state index contributed by atoms with van der Waals surface area (Å²) in [5, 5.41) is 15.0. The number of hydrogen-bond acceptors (Lipinski definition) is 5. The van der Waals surface area contributed by atoms with Crippen molar-refractivity contribution in [2.75, 3.05) is 6.54 Å². The number of carbonyl (C=O) groups is 4. The Morgan fingerprint density at radius 2 is 1.49 bits per heavy atom. The van der Waals surface area contributed by atoms with Gasteiger partial charge in [-0.3, -0.25) is 14.4 Å². The van der Waals surface area contributed by atoms with Crippen LogP contribution < -0.4 is 16.4 Å². The molecular weight excluding hydrogens is 448 g/mol. The molecule has 3 rings (SSSR count). The van der Waals surface area contributed by atoms with Gasteiger partial charge in [0.2, 0.25) is 17.7 Å². The zero-order valence-corrected chi connectivity index (χ0v) is 19.7. The number of nitrogens with two attached hydrogens (primary N) is 1. The van der Waals surface area contributed by atoms with Gasteiger partial charge in [-0.15, -0.1) is 0 Å². The minimum Gasteiger partial charge on any atom is -0.480 e. The van der Waals surface area contributed by atoms with E-state index in [1.54, 1.807) is 31.2 Å². The van der Waals surface area contributed by atoms with Gasteiger partial charge >= 0.3 is 5.97 Å². The minimum atomic E-state index is -1.17. The molecule has 1 aliphatic heterocycles. The fraction of sp³-hybridized carbons (Fsp3) is 0.385. The number of benzene rings is 2. The van der Waals surface area contributed by atoms with Gasteiger partial charge in [-0.25, -0.2) is 4.79 Å². The number of carboxylic acids is 1. The number of rotatable bonds is 10. The molecule has 4 atom stereocenters. The summed E-state index contributed by atoms with van der Waals surface area (Å²) >= 11 is 0. The number of aliphatic carboxylic acids is 1. The average Bonchev–Trinajstić information content (AvgIpc) is 3.34. The first-order chi connectivity index (χ1) is 16.8. The van der Waals surface area contributed by atoms with Gasteiger partial charge in [0.05, 0.1) is 6.04 Å². The van der Waals surface area contributed by atoms with Crippen LogP contribution in [0.2, 0.25) is 0 Å². The summed E-state index contributed by atoms with van der Waals surface area (Å²) in [5.41, 5.74) is 7.30. The molecular formula is C26H32N4O5. The Labute approximate surface area is 204 Å². The summed E-state index contributed by atoms with van der Waals surface area (Å²) < 4.78 is 0. The molecule has 0 saturated carbocycles. The fourth-order valence-electron chi connectivity index (χ4n) is 4.21. The van der Waals surface area contributed by atoms with Crippen molar-refractivity contribution in [3.05, 3.63) is 71.8 Å². The second kappa shape index (κ2) is 12.1. The lowest BCUT2D eigenvalue weighted by atomic mass is 10.0. The Morgan fingerprint density at radius 1 is 0.943 bits per heavy atom. The van der Waals surface area contributed by atoms with E-state index < -0.39 is 42.0 Å². The molecule has 1 saturated heterocycles. The van der Waals surface area contributed by atoms with Crippen LogP contribution in [0.4, 0.5) is 0 Å². The lowest BCUT2D eigenvalue weighted by molar-refractivity contribution is -0.143. The van der Waals surface area contributed by atoms with Crippen molar-refractivity contribution in [1.29, 1.82) is 0 Å². The summed E-state index contributed by atoms with van der Waals surface area (Å²) in [5.74, 6) is -2.55. The molecule has 0 bridgehead atoms. The summed E-state index contributed by atoms with van der Waals surface area (Å²) in [6.45, 7) is 1.99. The van der Waals surface area contributed by atoms with E-state index in [9.17, 15) is 24.3 Å². The number of amides is 3. The molecule has 1 fully saturated rings. The maximum atomic E-state index is 13.2. The van der Waals surface area contributed by atoms with Crippen LogP contribution >= 0.6 is 0 Å². The van der Waals surface area contributed by atoms with E-state index in [0.717, 1.165) is 11.1 Å². The summed E-state index contributed by atoms with van der Waals surface area (Å²) in [7, 11) is 0. The van der Waals surface area contributed by atoms with Gasteiger partial charge in [-0.05, 0) is 30.9 Å². The third-order valence-corrected chi connectivity index (χ3v) is 6.04. The fourth-order valence-corrected chi connectivity index (χ4v) is 4.21. The first kappa shape index (κ1) is 25.9. The monoisotopic (exact) mass is 480 g/mol. The Bertz CT molecular complexity index is 1030. The van der Waals surface area contributed by atoms with E-state index in [2.05, 4.69) is 10.6 Å². The smallest absolute Gasteiger partial charge is 0.326 e. The van der Waals surface area contributed by atoms with Crippen LogP contribution in [0.5, 0.6) is 0 Å². The van der Waals surface area contributed by atoms with Gasteiger partial charge in [-0.1, -0.05) is 60.7 Å². The SMILES string of the molecule is CC(N)C(=O)N1CCCC1C(=O)NC(Cc1ccccc1)C(=O)NC(Cc1ccccc1)C(=O)O. The molecule has 2 aromatic carbocycles. The zero-order valence-electron chi connectivity index (χ0n) is 19.7. The minimum absolute atomic E-state index is 0.104. The van der Waals surface area contributed by atoms with Gasteiger partial charge in [0.15, 0.2) is 0 Å². The molecule has 2 aromatic rings. The third kappa shape index (κ3) is 7.13. The Kier molecular flexibility index (Phi) is 8.97. The highest BCUT2D eigenvalue weighted by atomic mass is 16.4. The largest absolute Gasteiger partial charge is 0.480 e. The Morgan fingerprint density at radius 3 is 2.00 bits per heavy atom. The van der Waals surface area contributed by atoms with E-state index in [1.165, 1.54) is 4.90 Å². The number of likely N-dealkylation sites (tertiary alicyclic amines) is 1. The highest BCUT2D eigenvalue weighted by Gasteiger charge is 2.37. The Balaban J connectivity index is 1.76. The molecule has 186 valence electrons. The van der Waals surface area contributed by atoms with E-state index in [-0.39, 0.29) is 18.7 Å². The number of hydrogen-bond donors (Lipinski definition) is 4. The topological polar surface area (TPSA) is 142 Å². The molecule has 0 aromatic heterocycles.